The van der Waals surface area contributed by atoms with Gasteiger partial charge in [0.05, 0.1) is 30.2 Å². The van der Waals surface area contributed by atoms with Gasteiger partial charge in [0.1, 0.15) is 5.82 Å². The van der Waals surface area contributed by atoms with Crippen LogP contribution >= 0.6 is 0 Å². The highest BCUT2D eigenvalue weighted by Gasteiger charge is 2.19. The molecule has 1 aliphatic heterocycles. The van der Waals surface area contributed by atoms with Crippen molar-refractivity contribution in [3.8, 4) is 6.07 Å². The second-order valence-electron chi connectivity index (χ2n) is 7.34. The van der Waals surface area contributed by atoms with Crippen molar-refractivity contribution >= 4 is 17.0 Å². The van der Waals surface area contributed by atoms with Crippen molar-refractivity contribution in [2.45, 2.75) is 31.8 Å². The molecule has 2 heterocycles. The van der Waals surface area contributed by atoms with E-state index in [0.717, 1.165) is 54.9 Å². The molecule has 6 heteroatoms. The first-order valence-corrected chi connectivity index (χ1v) is 9.78. The second-order valence-corrected chi connectivity index (χ2v) is 7.34. The fourth-order valence-corrected chi connectivity index (χ4v) is 3.86. The van der Waals surface area contributed by atoms with E-state index in [0.29, 0.717) is 19.1 Å². The van der Waals surface area contributed by atoms with Gasteiger partial charge in [0, 0.05) is 12.6 Å². The summed E-state index contributed by atoms with van der Waals surface area (Å²) >= 11 is 0. The molecular formula is C22H24FN5. The molecule has 0 radical (unpaired) electrons. The van der Waals surface area contributed by atoms with E-state index in [1.807, 2.05) is 30.3 Å². The molecule has 5 nitrogen and oxygen atoms in total. The molecule has 0 aliphatic carbocycles. The fourth-order valence-electron chi connectivity index (χ4n) is 3.86. The summed E-state index contributed by atoms with van der Waals surface area (Å²) in [7, 11) is 0. The molecule has 0 bridgehead atoms. The van der Waals surface area contributed by atoms with E-state index < -0.39 is 0 Å². The number of halogens is 1. The third-order valence-corrected chi connectivity index (χ3v) is 5.36. The molecule has 1 fully saturated rings. The Morgan fingerprint density at radius 1 is 1.11 bits per heavy atom. The number of anilines is 1. The number of hydrogen-bond acceptors (Lipinski definition) is 4. The quantitative estimate of drug-likeness (QED) is 0.683. The lowest BCUT2D eigenvalue weighted by Gasteiger charge is -2.19. The average Bonchev–Trinajstić information content (AvgIpc) is 2.88. The highest BCUT2D eigenvalue weighted by Crippen LogP contribution is 2.24. The van der Waals surface area contributed by atoms with Gasteiger partial charge in [0.2, 0.25) is 5.95 Å². The molecule has 144 valence electrons. The highest BCUT2D eigenvalue weighted by atomic mass is 19.1. The lowest BCUT2D eigenvalue weighted by Crippen LogP contribution is -2.27. The number of nitrogens with zero attached hydrogens (tertiary/aromatic N) is 4. The van der Waals surface area contributed by atoms with E-state index in [1.54, 1.807) is 0 Å². The Kier molecular flexibility index (Phi) is 5.54. The van der Waals surface area contributed by atoms with Crippen molar-refractivity contribution in [1.29, 1.82) is 5.26 Å². The zero-order valence-electron chi connectivity index (χ0n) is 15.8. The monoisotopic (exact) mass is 377 g/mol. The Bertz CT molecular complexity index is 973. The second kappa shape index (κ2) is 8.41. The van der Waals surface area contributed by atoms with E-state index in [4.69, 9.17) is 10.2 Å². The maximum Gasteiger partial charge on any atom is 0.204 e. The summed E-state index contributed by atoms with van der Waals surface area (Å²) in [6, 6.07) is 17.3. The Balaban J connectivity index is 1.58. The molecule has 1 aromatic heterocycles. The van der Waals surface area contributed by atoms with Crippen molar-refractivity contribution in [3.05, 3.63) is 59.9 Å². The van der Waals surface area contributed by atoms with Crippen LogP contribution in [0.25, 0.3) is 11.0 Å². The van der Waals surface area contributed by atoms with Gasteiger partial charge in [-0.05, 0) is 55.6 Å². The predicted octanol–water partition coefficient (Wildman–Crippen LogP) is 4.01. The number of imidazole rings is 1. The Morgan fingerprint density at radius 3 is 2.75 bits per heavy atom. The standard InChI is InChI=1S/C22H24FN5/c23-18-9-7-17(8-10-18)16-28-21-6-2-1-5-20(21)26-22(28)25-19-4-3-13-27(14-11-19)15-12-24/h1-2,5-10,19H,3-4,11,13-16H2,(H,25,26). The molecule has 1 aliphatic rings. The lowest BCUT2D eigenvalue weighted by atomic mass is 10.1. The van der Waals surface area contributed by atoms with Crippen LogP contribution in [0.15, 0.2) is 48.5 Å². The van der Waals surface area contributed by atoms with Gasteiger partial charge in [-0.3, -0.25) is 4.90 Å². The largest absolute Gasteiger partial charge is 0.353 e. The zero-order chi connectivity index (χ0) is 19.3. The number of fused-ring (bicyclic) bond motifs is 1. The number of benzene rings is 2. The molecule has 2 aromatic carbocycles. The van der Waals surface area contributed by atoms with Gasteiger partial charge in [-0.2, -0.15) is 5.26 Å². The first-order valence-electron chi connectivity index (χ1n) is 9.78. The fraction of sp³-hybridized carbons (Fsp3) is 0.364. The molecule has 0 amide bonds. The van der Waals surface area contributed by atoms with E-state index in [9.17, 15) is 4.39 Å². The van der Waals surface area contributed by atoms with E-state index >= 15 is 0 Å². The first kappa shape index (κ1) is 18.5. The van der Waals surface area contributed by atoms with E-state index in [-0.39, 0.29) is 5.82 Å². The summed E-state index contributed by atoms with van der Waals surface area (Å²) in [5, 5.41) is 12.6. The summed E-state index contributed by atoms with van der Waals surface area (Å²) < 4.78 is 15.4. The zero-order valence-corrected chi connectivity index (χ0v) is 15.8. The summed E-state index contributed by atoms with van der Waals surface area (Å²) in [6.45, 7) is 3.02. The van der Waals surface area contributed by atoms with Crippen LogP contribution < -0.4 is 5.32 Å². The van der Waals surface area contributed by atoms with Gasteiger partial charge in [0.25, 0.3) is 0 Å². The third kappa shape index (κ3) is 4.15. The van der Waals surface area contributed by atoms with E-state index in [1.165, 1.54) is 12.1 Å². The Morgan fingerprint density at radius 2 is 1.93 bits per heavy atom. The minimum Gasteiger partial charge on any atom is -0.353 e. The molecular weight excluding hydrogens is 353 g/mol. The Hall–Kier alpha value is -2.91. The molecule has 1 unspecified atom stereocenters. The topological polar surface area (TPSA) is 56.9 Å². The number of hydrogen-bond donors (Lipinski definition) is 1. The summed E-state index contributed by atoms with van der Waals surface area (Å²) in [4.78, 5) is 7.03. The molecule has 1 saturated heterocycles. The van der Waals surface area contributed by atoms with Crippen molar-refractivity contribution in [3.63, 3.8) is 0 Å². The Labute approximate surface area is 164 Å². The maximum absolute atomic E-state index is 13.3. The summed E-state index contributed by atoms with van der Waals surface area (Å²) in [6.07, 6.45) is 3.11. The molecule has 0 saturated carbocycles. The molecule has 1 atom stereocenters. The SMILES string of the molecule is N#CCN1CCCC(Nc2nc3ccccc3n2Cc2ccc(F)cc2)CC1. The van der Waals surface area contributed by atoms with E-state index in [2.05, 4.69) is 26.9 Å². The molecule has 28 heavy (non-hydrogen) atoms. The van der Waals surface area contributed by atoms with Crippen molar-refractivity contribution < 1.29 is 4.39 Å². The van der Waals surface area contributed by atoms with Crippen LogP contribution in [-0.4, -0.2) is 40.1 Å². The molecule has 3 aromatic rings. The number of rotatable bonds is 5. The predicted molar refractivity (Wildman–Crippen MR) is 109 cm³/mol. The number of likely N-dealkylation sites (tertiary alicyclic amines) is 1. The van der Waals surface area contributed by atoms with Crippen LogP contribution in [0.1, 0.15) is 24.8 Å². The van der Waals surface area contributed by atoms with Crippen molar-refractivity contribution in [2.24, 2.45) is 0 Å². The first-order chi connectivity index (χ1) is 13.7. The summed E-state index contributed by atoms with van der Waals surface area (Å²) in [5.74, 6) is 0.627. The maximum atomic E-state index is 13.3. The minimum atomic E-state index is -0.224. The number of nitrogens with one attached hydrogen (secondary N) is 1. The van der Waals surface area contributed by atoms with Crippen LogP contribution in [0.5, 0.6) is 0 Å². The van der Waals surface area contributed by atoms with Crippen LogP contribution in [0, 0.1) is 17.1 Å². The van der Waals surface area contributed by atoms with Crippen LogP contribution in [0.3, 0.4) is 0 Å². The number of aromatic nitrogens is 2. The smallest absolute Gasteiger partial charge is 0.204 e. The normalized spacial score (nSPS) is 17.9. The van der Waals surface area contributed by atoms with Crippen molar-refractivity contribution in [2.75, 3.05) is 25.0 Å². The van der Waals surface area contributed by atoms with Gasteiger partial charge in [-0.15, -0.1) is 0 Å². The highest BCUT2D eigenvalue weighted by molar-refractivity contribution is 5.78. The van der Waals surface area contributed by atoms with Gasteiger partial charge in [0.15, 0.2) is 0 Å². The summed E-state index contributed by atoms with van der Waals surface area (Å²) in [5.41, 5.74) is 3.05. The molecule has 4 rings (SSSR count). The van der Waals surface area contributed by atoms with Crippen LogP contribution in [-0.2, 0) is 6.54 Å². The molecule has 0 spiro atoms. The van der Waals surface area contributed by atoms with Gasteiger partial charge in [-0.1, -0.05) is 24.3 Å². The third-order valence-electron chi connectivity index (χ3n) is 5.36. The van der Waals surface area contributed by atoms with Crippen LogP contribution in [0.2, 0.25) is 0 Å². The average molecular weight is 377 g/mol. The lowest BCUT2D eigenvalue weighted by molar-refractivity contribution is 0.318. The van der Waals surface area contributed by atoms with Gasteiger partial charge >= 0.3 is 0 Å². The number of nitriles is 1. The van der Waals surface area contributed by atoms with Crippen molar-refractivity contribution in [1.82, 2.24) is 14.5 Å². The van der Waals surface area contributed by atoms with Gasteiger partial charge in [-0.25, -0.2) is 9.37 Å². The number of para-hydroxylation sites is 2. The minimum absolute atomic E-state index is 0.224. The van der Waals surface area contributed by atoms with Gasteiger partial charge < -0.3 is 9.88 Å². The van der Waals surface area contributed by atoms with Crippen LogP contribution in [0.4, 0.5) is 10.3 Å². The molecule has 1 N–H and O–H groups in total.